The van der Waals surface area contributed by atoms with Crippen molar-refractivity contribution < 1.29 is 32.2 Å². The van der Waals surface area contributed by atoms with Crippen LogP contribution in [0.2, 0.25) is 0 Å². The number of benzene rings is 3. The first-order valence-corrected chi connectivity index (χ1v) is 14.4. The van der Waals surface area contributed by atoms with E-state index >= 15 is 0 Å². The minimum Gasteiger partial charge on any atom is -0.494 e. The average Bonchev–Trinajstić information content (AvgIpc) is 2.98. The molecule has 0 aliphatic heterocycles. The zero-order valence-electron chi connectivity index (χ0n) is 23.5. The number of unbranched alkanes of at least 4 members (excludes halogenated alkanes) is 2. The van der Waals surface area contributed by atoms with Crippen molar-refractivity contribution in [2.45, 2.75) is 70.3 Å². The number of halogens is 3. The maximum absolute atomic E-state index is 15.0. The fraction of sp³-hybridized carbons (Fsp3) is 0.382. The fourth-order valence-electron chi connectivity index (χ4n) is 5.05. The third kappa shape index (κ3) is 7.93. The van der Waals surface area contributed by atoms with Crippen LogP contribution in [0, 0.1) is 17.5 Å². The molecule has 0 aromatic heterocycles. The van der Waals surface area contributed by atoms with Crippen LogP contribution in [0.1, 0.15) is 80.1 Å². The lowest BCUT2D eigenvalue weighted by molar-refractivity contribution is 0.0188. The Hall–Kier alpha value is -3.74. The molecule has 1 fully saturated rings. The minimum atomic E-state index is -1.24. The van der Waals surface area contributed by atoms with E-state index < -0.39 is 29.3 Å². The Bertz CT molecular complexity index is 1310. The zero-order valence-corrected chi connectivity index (χ0v) is 23.5. The molecular formula is C34H37F3O4. The molecule has 0 atom stereocenters. The highest BCUT2D eigenvalue weighted by atomic mass is 19.2. The van der Waals surface area contributed by atoms with Crippen molar-refractivity contribution >= 4 is 5.97 Å². The summed E-state index contributed by atoms with van der Waals surface area (Å²) in [7, 11) is 0. The maximum atomic E-state index is 15.0. The maximum Gasteiger partial charge on any atom is 0.341 e. The van der Waals surface area contributed by atoms with E-state index in [1.54, 1.807) is 36.4 Å². The van der Waals surface area contributed by atoms with E-state index in [1.165, 1.54) is 18.2 Å². The Kier molecular flexibility index (Phi) is 10.9. The van der Waals surface area contributed by atoms with Crippen LogP contribution < -0.4 is 9.47 Å². The number of ether oxygens (including phenoxy) is 3. The Morgan fingerprint density at radius 1 is 0.878 bits per heavy atom. The average molecular weight is 567 g/mol. The van der Waals surface area contributed by atoms with Crippen LogP contribution in [0.15, 0.2) is 67.3 Å². The summed E-state index contributed by atoms with van der Waals surface area (Å²) in [5, 5.41) is 0. The molecule has 3 aromatic carbocycles. The number of allylic oxidation sites excluding steroid dienone is 1. The Balaban J connectivity index is 1.32. The summed E-state index contributed by atoms with van der Waals surface area (Å²) in [5.74, 6) is -2.43. The third-order valence-electron chi connectivity index (χ3n) is 7.42. The van der Waals surface area contributed by atoms with Crippen molar-refractivity contribution in [3.63, 3.8) is 0 Å². The van der Waals surface area contributed by atoms with Gasteiger partial charge in [0.1, 0.15) is 23.4 Å². The number of rotatable bonds is 13. The number of hydrogen-bond acceptors (Lipinski definition) is 4. The Morgan fingerprint density at radius 2 is 1.56 bits per heavy atom. The molecule has 7 heteroatoms. The van der Waals surface area contributed by atoms with Crippen LogP contribution in [0.4, 0.5) is 13.2 Å². The summed E-state index contributed by atoms with van der Waals surface area (Å²) >= 11 is 0. The van der Waals surface area contributed by atoms with Gasteiger partial charge in [-0.25, -0.2) is 18.0 Å². The summed E-state index contributed by atoms with van der Waals surface area (Å²) in [6.07, 6.45) is 7.21. The molecule has 0 spiro atoms. The van der Waals surface area contributed by atoms with E-state index in [0.717, 1.165) is 25.7 Å². The highest BCUT2D eigenvalue weighted by Crippen LogP contribution is 2.37. The van der Waals surface area contributed by atoms with Crippen molar-refractivity contribution in [2.24, 2.45) is 0 Å². The predicted molar refractivity (Wildman–Crippen MR) is 154 cm³/mol. The van der Waals surface area contributed by atoms with Crippen molar-refractivity contribution in [2.75, 3.05) is 13.2 Å². The van der Waals surface area contributed by atoms with E-state index in [1.807, 2.05) is 6.08 Å². The second kappa shape index (κ2) is 14.8. The fourth-order valence-corrected chi connectivity index (χ4v) is 5.05. The highest BCUT2D eigenvalue weighted by molar-refractivity contribution is 5.90. The van der Waals surface area contributed by atoms with Gasteiger partial charge in [0.2, 0.25) is 0 Å². The lowest BCUT2D eigenvalue weighted by Crippen LogP contribution is -2.25. The number of hydrogen-bond donors (Lipinski definition) is 0. The predicted octanol–water partition coefficient (Wildman–Crippen LogP) is 9.18. The molecule has 3 aromatic rings. The number of carbonyl (C=O) groups is 1. The van der Waals surface area contributed by atoms with Gasteiger partial charge in [-0.05, 0) is 86.3 Å². The summed E-state index contributed by atoms with van der Waals surface area (Å²) in [5.41, 5.74) is 0.692. The van der Waals surface area contributed by atoms with Crippen molar-refractivity contribution in [1.82, 2.24) is 0 Å². The first-order chi connectivity index (χ1) is 19.9. The molecule has 4 rings (SSSR count). The lowest BCUT2D eigenvalue weighted by Gasteiger charge is -2.29. The molecule has 0 amide bonds. The van der Waals surface area contributed by atoms with Crippen molar-refractivity contribution in [3.8, 4) is 22.6 Å². The third-order valence-corrected chi connectivity index (χ3v) is 7.42. The second-order valence-electron chi connectivity index (χ2n) is 10.4. The Labute approximate surface area is 240 Å². The van der Waals surface area contributed by atoms with Gasteiger partial charge in [0.15, 0.2) is 11.6 Å². The first kappa shape index (κ1) is 30.2. The van der Waals surface area contributed by atoms with Gasteiger partial charge >= 0.3 is 5.97 Å². The summed E-state index contributed by atoms with van der Waals surface area (Å²) in [6.45, 7) is 6.83. The van der Waals surface area contributed by atoms with Gasteiger partial charge in [-0.3, -0.25) is 0 Å². The van der Waals surface area contributed by atoms with Crippen LogP contribution in [-0.4, -0.2) is 25.3 Å². The SMILES string of the molecule is C=CCCCOc1ccc(C2CCC(OC(=O)c3ccc(-c4ccc(OCCCC)cc4)c(F)c3F)CC2)c(F)c1. The van der Waals surface area contributed by atoms with Crippen LogP contribution in [0.25, 0.3) is 11.1 Å². The van der Waals surface area contributed by atoms with E-state index in [4.69, 9.17) is 14.2 Å². The smallest absolute Gasteiger partial charge is 0.341 e. The zero-order chi connectivity index (χ0) is 29.2. The first-order valence-electron chi connectivity index (χ1n) is 14.4. The molecule has 0 N–H and O–H groups in total. The summed E-state index contributed by atoms with van der Waals surface area (Å²) < 4.78 is 61.5. The van der Waals surface area contributed by atoms with Crippen molar-refractivity contribution in [3.05, 3.63) is 95.8 Å². The molecule has 0 saturated heterocycles. The van der Waals surface area contributed by atoms with Gasteiger partial charge in [-0.15, -0.1) is 6.58 Å². The lowest BCUT2D eigenvalue weighted by atomic mass is 9.82. The minimum absolute atomic E-state index is 0.0170. The second-order valence-corrected chi connectivity index (χ2v) is 10.4. The van der Waals surface area contributed by atoms with Crippen LogP contribution in [-0.2, 0) is 4.74 Å². The molecule has 0 bridgehead atoms. The topological polar surface area (TPSA) is 44.8 Å². The van der Waals surface area contributed by atoms with E-state index in [0.29, 0.717) is 61.5 Å². The standard InChI is InChI=1S/C34H37F3O4/c1-3-5-7-21-40-27-16-17-28(31(35)22-27)23-10-14-26(15-11-23)41-34(38)30-19-18-29(32(36)33(30)37)24-8-12-25(13-9-24)39-20-6-4-2/h3,8-9,12-13,16-19,22-23,26H,1,4-7,10-11,14-15,20-21H2,2H3. The van der Waals surface area contributed by atoms with Gasteiger partial charge in [-0.1, -0.05) is 43.7 Å². The summed E-state index contributed by atoms with van der Waals surface area (Å²) in [6, 6.07) is 14.3. The molecule has 41 heavy (non-hydrogen) atoms. The van der Waals surface area contributed by atoms with Gasteiger partial charge < -0.3 is 14.2 Å². The summed E-state index contributed by atoms with van der Waals surface area (Å²) in [4.78, 5) is 12.7. The van der Waals surface area contributed by atoms with Gasteiger partial charge in [-0.2, -0.15) is 0 Å². The van der Waals surface area contributed by atoms with Crippen LogP contribution >= 0.6 is 0 Å². The largest absolute Gasteiger partial charge is 0.494 e. The molecule has 4 nitrogen and oxygen atoms in total. The molecule has 1 saturated carbocycles. The normalized spacial score (nSPS) is 16.7. The molecule has 0 radical (unpaired) electrons. The molecule has 0 heterocycles. The van der Waals surface area contributed by atoms with Crippen LogP contribution in [0.3, 0.4) is 0 Å². The molecular weight excluding hydrogens is 529 g/mol. The molecule has 218 valence electrons. The van der Waals surface area contributed by atoms with E-state index in [-0.39, 0.29) is 17.3 Å². The Morgan fingerprint density at radius 3 is 2.24 bits per heavy atom. The van der Waals surface area contributed by atoms with Gasteiger partial charge in [0.05, 0.1) is 18.8 Å². The van der Waals surface area contributed by atoms with E-state index in [2.05, 4.69) is 13.5 Å². The highest BCUT2D eigenvalue weighted by Gasteiger charge is 2.29. The quantitative estimate of drug-likeness (QED) is 0.118. The number of carbonyl (C=O) groups excluding carboxylic acids is 1. The number of esters is 1. The molecule has 1 aliphatic carbocycles. The molecule has 1 aliphatic rings. The van der Waals surface area contributed by atoms with Crippen LogP contribution in [0.5, 0.6) is 11.5 Å². The van der Waals surface area contributed by atoms with E-state index in [9.17, 15) is 18.0 Å². The monoisotopic (exact) mass is 566 g/mol. The molecule has 0 unspecified atom stereocenters. The van der Waals surface area contributed by atoms with Gasteiger partial charge in [0, 0.05) is 11.6 Å². The van der Waals surface area contributed by atoms with Crippen molar-refractivity contribution in [1.29, 1.82) is 0 Å². The van der Waals surface area contributed by atoms with Gasteiger partial charge in [0.25, 0.3) is 0 Å².